The summed E-state index contributed by atoms with van der Waals surface area (Å²) in [5, 5.41) is 5.21. The molecule has 0 aliphatic heterocycles. The highest BCUT2D eigenvalue weighted by Crippen LogP contribution is 2.33. The van der Waals surface area contributed by atoms with Crippen LogP contribution in [-0.4, -0.2) is 19.4 Å². The van der Waals surface area contributed by atoms with E-state index in [1.807, 2.05) is 30.3 Å². The van der Waals surface area contributed by atoms with E-state index in [1.165, 1.54) is 5.56 Å². The van der Waals surface area contributed by atoms with E-state index >= 15 is 0 Å². The molecule has 3 aromatic rings. The van der Waals surface area contributed by atoms with Crippen molar-refractivity contribution < 1.29 is 14.0 Å². The molecule has 0 radical (unpaired) electrons. The minimum Gasteiger partial charge on any atom is -0.497 e. The Labute approximate surface area is 129 Å². The van der Waals surface area contributed by atoms with Crippen LogP contribution in [0.2, 0.25) is 0 Å². The third-order valence-electron chi connectivity index (χ3n) is 3.75. The molecule has 3 rings (SSSR count). The van der Waals surface area contributed by atoms with Gasteiger partial charge >= 0.3 is 0 Å². The average molecular weight is 297 g/mol. The predicted octanol–water partition coefficient (Wildman–Crippen LogP) is 4.46. The van der Waals surface area contributed by atoms with Gasteiger partial charge in [-0.3, -0.25) is 0 Å². The summed E-state index contributed by atoms with van der Waals surface area (Å²) in [6.45, 7) is 2.16. The maximum absolute atomic E-state index is 5.44. The maximum atomic E-state index is 5.44. The second-order valence-corrected chi connectivity index (χ2v) is 5.17. The molecule has 0 spiro atoms. The van der Waals surface area contributed by atoms with Crippen LogP contribution >= 0.6 is 0 Å². The van der Waals surface area contributed by atoms with Gasteiger partial charge in [0, 0.05) is 17.0 Å². The highest BCUT2D eigenvalue weighted by molar-refractivity contribution is 5.92. The second kappa shape index (κ2) is 6.10. The maximum Gasteiger partial charge on any atom is 0.171 e. The molecule has 0 aliphatic carbocycles. The number of benzene rings is 2. The SMILES string of the molecule is CCCc1cc(-c2noc3cc(OC)ccc23)ccc1OC. The minimum atomic E-state index is 0.724. The van der Waals surface area contributed by atoms with Gasteiger partial charge < -0.3 is 14.0 Å². The molecular weight excluding hydrogens is 278 g/mol. The molecule has 22 heavy (non-hydrogen) atoms. The molecule has 0 amide bonds. The molecule has 0 atom stereocenters. The highest BCUT2D eigenvalue weighted by atomic mass is 16.5. The Morgan fingerprint density at radius 1 is 1.05 bits per heavy atom. The zero-order valence-electron chi connectivity index (χ0n) is 13.1. The number of rotatable bonds is 5. The Hall–Kier alpha value is -2.49. The zero-order chi connectivity index (χ0) is 15.5. The molecule has 1 heterocycles. The zero-order valence-corrected chi connectivity index (χ0v) is 13.1. The van der Waals surface area contributed by atoms with E-state index < -0.39 is 0 Å². The van der Waals surface area contributed by atoms with Gasteiger partial charge in [0.25, 0.3) is 0 Å². The lowest BCUT2D eigenvalue weighted by Crippen LogP contribution is -1.92. The van der Waals surface area contributed by atoms with Crippen LogP contribution in [0.1, 0.15) is 18.9 Å². The Bertz CT molecular complexity index is 792. The van der Waals surface area contributed by atoms with E-state index in [1.54, 1.807) is 14.2 Å². The van der Waals surface area contributed by atoms with Crippen LogP contribution in [0.15, 0.2) is 40.9 Å². The van der Waals surface area contributed by atoms with Crippen molar-refractivity contribution in [2.45, 2.75) is 19.8 Å². The molecule has 0 unspecified atom stereocenters. The largest absolute Gasteiger partial charge is 0.497 e. The lowest BCUT2D eigenvalue weighted by molar-refractivity contribution is 0.409. The molecule has 0 saturated carbocycles. The number of hydrogen-bond donors (Lipinski definition) is 0. The number of aromatic nitrogens is 1. The van der Waals surface area contributed by atoms with Gasteiger partial charge in [-0.15, -0.1) is 0 Å². The number of aryl methyl sites for hydroxylation is 1. The van der Waals surface area contributed by atoms with E-state index in [-0.39, 0.29) is 0 Å². The molecular formula is C18H19NO3. The molecule has 0 saturated heterocycles. The van der Waals surface area contributed by atoms with Crippen molar-refractivity contribution in [1.82, 2.24) is 5.16 Å². The predicted molar refractivity (Wildman–Crippen MR) is 86.5 cm³/mol. The van der Waals surface area contributed by atoms with E-state index in [4.69, 9.17) is 14.0 Å². The van der Waals surface area contributed by atoms with Crippen molar-refractivity contribution >= 4 is 11.0 Å². The molecule has 0 fully saturated rings. The van der Waals surface area contributed by atoms with Crippen molar-refractivity contribution in [2.75, 3.05) is 14.2 Å². The van der Waals surface area contributed by atoms with E-state index in [0.717, 1.165) is 46.6 Å². The Kier molecular flexibility index (Phi) is 4.00. The topological polar surface area (TPSA) is 44.5 Å². The third kappa shape index (κ3) is 2.52. The summed E-state index contributed by atoms with van der Waals surface area (Å²) in [4.78, 5) is 0. The van der Waals surface area contributed by atoms with Crippen molar-refractivity contribution in [2.24, 2.45) is 0 Å². The van der Waals surface area contributed by atoms with E-state index in [0.29, 0.717) is 0 Å². The molecule has 0 bridgehead atoms. The quantitative estimate of drug-likeness (QED) is 0.697. The van der Waals surface area contributed by atoms with Crippen LogP contribution in [0.5, 0.6) is 11.5 Å². The van der Waals surface area contributed by atoms with Gasteiger partial charge in [-0.1, -0.05) is 18.5 Å². The van der Waals surface area contributed by atoms with Crippen molar-refractivity contribution in [3.8, 4) is 22.8 Å². The van der Waals surface area contributed by atoms with Gasteiger partial charge in [-0.05, 0) is 42.3 Å². The summed E-state index contributed by atoms with van der Waals surface area (Å²) in [5.41, 5.74) is 3.79. The van der Waals surface area contributed by atoms with Crippen molar-refractivity contribution in [3.63, 3.8) is 0 Å². The Balaban J connectivity index is 2.09. The normalized spacial score (nSPS) is 10.9. The first-order valence-electron chi connectivity index (χ1n) is 7.37. The molecule has 0 aliphatic rings. The fraction of sp³-hybridized carbons (Fsp3) is 0.278. The molecule has 4 nitrogen and oxygen atoms in total. The molecule has 4 heteroatoms. The summed E-state index contributed by atoms with van der Waals surface area (Å²) in [6, 6.07) is 11.9. The van der Waals surface area contributed by atoms with E-state index in [2.05, 4.69) is 18.1 Å². The first-order chi connectivity index (χ1) is 10.8. The van der Waals surface area contributed by atoms with Crippen molar-refractivity contribution in [1.29, 1.82) is 0 Å². The Morgan fingerprint density at radius 2 is 1.91 bits per heavy atom. The third-order valence-corrected chi connectivity index (χ3v) is 3.75. The monoisotopic (exact) mass is 297 g/mol. The lowest BCUT2D eigenvalue weighted by Gasteiger charge is -2.09. The van der Waals surface area contributed by atoms with Gasteiger partial charge in [0.15, 0.2) is 5.58 Å². The summed E-state index contributed by atoms with van der Waals surface area (Å²) >= 11 is 0. The Morgan fingerprint density at radius 3 is 2.64 bits per heavy atom. The smallest absolute Gasteiger partial charge is 0.171 e. The second-order valence-electron chi connectivity index (χ2n) is 5.17. The average Bonchev–Trinajstić information content (AvgIpc) is 2.98. The van der Waals surface area contributed by atoms with Gasteiger partial charge in [0.1, 0.15) is 17.2 Å². The molecule has 114 valence electrons. The standard InChI is InChI=1S/C18H19NO3/c1-4-5-12-10-13(6-9-16(12)21-3)18-15-8-7-14(20-2)11-17(15)22-19-18/h6-11H,4-5H2,1-3H3. The number of methoxy groups -OCH3 is 2. The van der Waals surface area contributed by atoms with Gasteiger partial charge in [-0.2, -0.15) is 0 Å². The highest BCUT2D eigenvalue weighted by Gasteiger charge is 2.13. The summed E-state index contributed by atoms with van der Waals surface area (Å²) in [5.74, 6) is 1.68. The van der Waals surface area contributed by atoms with E-state index in [9.17, 15) is 0 Å². The van der Waals surface area contributed by atoms with Gasteiger partial charge in [0.2, 0.25) is 0 Å². The van der Waals surface area contributed by atoms with Gasteiger partial charge in [0.05, 0.1) is 14.2 Å². The van der Waals surface area contributed by atoms with Crippen LogP contribution in [-0.2, 0) is 6.42 Å². The molecule has 0 N–H and O–H groups in total. The van der Waals surface area contributed by atoms with Crippen LogP contribution in [0, 0.1) is 0 Å². The number of ether oxygens (including phenoxy) is 2. The first kappa shape index (κ1) is 14.4. The van der Waals surface area contributed by atoms with Crippen molar-refractivity contribution in [3.05, 3.63) is 42.0 Å². The fourth-order valence-electron chi connectivity index (χ4n) is 2.64. The number of hydrogen-bond acceptors (Lipinski definition) is 4. The molecule has 1 aromatic heterocycles. The number of nitrogens with zero attached hydrogens (tertiary/aromatic N) is 1. The van der Waals surface area contributed by atoms with Crippen LogP contribution < -0.4 is 9.47 Å². The number of fused-ring (bicyclic) bond motifs is 1. The van der Waals surface area contributed by atoms with Crippen LogP contribution in [0.4, 0.5) is 0 Å². The molecule has 2 aromatic carbocycles. The van der Waals surface area contributed by atoms with Crippen LogP contribution in [0.25, 0.3) is 22.2 Å². The summed E-state index contributed by atoms with van der Waals surface area (Å²) < 4.78 is 16.1. The fourth-order valence-corrected chi connectivity index (χ4v) is 2.64. The van der Waals surface area contributed by atoms with Gasteiger partial charge in [-0.25, -0.2) is 0 Å². The lowest BCUT2D eigenvalue weighted by atomic mass is 10.0. The minimum absolute atomic E-state index is 0.724. The first-order valence-corrected chi connectivity index (χ1v) is 7.37. The summed E-state index contributed by atoms with van der Waals surface area (Å²) in [7, 11) is 3.34. The van der Waals surface area contributed by atoms with Crippen LogP contribution in [0.3, 0.4) is 0 Å². The summed E-state index contributed by atoms with van der Waals surface area (Å²) in [6.07, 6.45) is 2.04.